The smallest absolute Gasteiger partial charge is 0.142 e. The molecule has 0 saturated heterocycles. The maximum atomic E-state index is 11.6. The van der Waals surface area contributed by atoms with E-state index in [0.29, 0.717) is 12.2 Å². The second-order valence-corrected chi connectivity index (χ2v) is 4.04. The highest BCUT2D eigenvalue weighted by atomic mass is 16.1. The van der Waals surface area contributed by atoms with Gasteiger partial charge >= 0.3 is 0 Å². The maximum absolute atomic E-state index is 11.6. The second kappa shape index (κ2) is 3.88. The molecule has 1 aliphatic carbocycles. The topological polar surface area (TPSA) is 17.1 Å². The molecule has 0 aromatic heterocycles. The van der Waals surface area contributed by atoms with Gasteiger partial charge in [0.05, 0.1) is 0 Å². The van der Waals surface area contributed by atoms with Crippen molar-refractivity contribution >= 4 is 5.78 Å². The summed E-state index contributed by atoms with van der Waals surface area (Å²) >= 11 is 0. The molecule has 1 aliphatic rings. The van der Waals surface area contributed by atoms with Crippen molar-refractivity contribution in [1.82, 2.24) is 0 Å². The first-order valence-corrected chi connectivity index (χ1v) is 4.83. The molecule has 0 spiro atoms. The summed E-state index contributed by atoms with van der Waals surface area (Å²) in [4.78, 5) is 11.6. The minimum Gasteiger partial charge on any atom is -0.299 e. The van der Waals surface area contributed by atoms with Crippen LogP contribution in [0.5, 0.6) is 0 Å². The molecule has 0 aromatic rings. The van der Waals surface area contributed by atoms with E-state index in [4.69, 9.17) is 0 Å². The zero-order valence-corrected chi connectivity index (χ0v) is 7.94. The lowest BCUT2D eigenvalue weighted by molar-refractivity contribution is -0.128. The van der Waals surface area contributed by atoms with Crippen LogP contribution in [0.3, 0.4) is 0 Å². The van der Waals surface area contributed by atoms with Gasteiger partial charge in [0.25, 0.3) is 0 Å². The van der Waals surface area contributed by atoms with Crippen molar-refractivity contribution in [3.05, 3.63) is 12.7 Å². The summed E-state index contributed by atoms with van der Waals surface area (Å²) in [5, 5.41) is 0. The van der Waals surface area contributed by atoms with E-state index in [1.807, 2.05) is 0 Å². The molecule has 0 atom stereocenters. The van der Waals surface area contributed by atoms with Gasteiger partial charge in [-0.25, -0.2) is 0 Å². The van der Waals surface area contributed by atoms with Crippen molar-refractivity contribution < 1.29 is 4.79 Å². The highest BCUT2D eigenvalue weighted by molar-refractivity contribution is 5.85. The van der Waals surface area contributed by atoms with Gasteiger partial charge in [0, 0.05) is 11.8 Å². The first-order chi connectivity index (χ1) is 5.69. The Bertz CT molecular complexity index is 175. The number of hydrogen-bond donors (Lipinski definition) is 0. The predicted molar refractivity (Wildman–Crippen MR) is 51.0 cm³/mol. The van der Waals surface area contributed by atoms with Gasteiger partial charge in [-0.1, -0.05) is 32.3 Å². The minimum absolute atomic E-state index is 0.0214. The van der Waals surface area contributed by atoms with Crippen LogP contribution in [0, 0.1) is 5.41 Å². The van der Waals surface area contributed by atoms with E-state index in [0.717, 1.165) is 12.8 Å². The normalized spacial score (nSPS) is 21.8. The number of carbonyl (C=O) groups excluding carboxylic acids is 1. The summed E-state index contributed by atoms with van der Waals surface area (Å²) in [7, 11) is 0. The number of hydrogen-bond acceptors (Lipinski definition) is 1. The van der Waals surface area contributed by atoms with Gasteiger partial charge < -0.3 is 0 Å². The van der Waals surface area contributed by atoms with Crippen LogP contribution in [0.2, 0.25) is 0 Å². The summed E-state index contributed by atoms with van der Waals surface area (Å²) in [6, 6.07) is 0. The van der Waals surface area contributed by atoms with Crippen LogP contribution >= 0.6 is 0 Å². The van der Waals surface area contributed by atoms with Crippen molar-refractivity contribution in [2.75, 3.05) is 0 Å². The molecule has 1 nitrogen and oxygen atoms in total. The molecule has 12 heavy (non-hydrogen) atoms. The SMILES string of the molecule is C=CCC(=O)C1(C)CCCCC1. The Kier molecular flexibility index (Phi) is 3.07. The lowest BCUT2D eigenvalue weighted by Gasteiger charge is -2.31. The number of Topliss-reactive ketones (excluding diaryl/α,β-unsaturated/α-hetero) is 1. The fourth-order valence-corrected chi connectivity index (χ4v) is 1.99. The summed E-state index contributed by atoms with van der Waals surface area (Å²) < 4.78 is 0. The highest BCUT2D eigenvalue weighted by Gasteiger charge is 2.32. The van der Waals surface area contributed by atoms with E-state index >= 15 is 0 Å². The molecule has 0 N–H and O–H groups in total. The third-order valence-corrected chi connectivity index (χ3v) is 2.96. The summed E-state index contributed by atoms with van der Waals surface area (Å²) in [5.74, 6) is 0.386. The standard InChI is InChI=1S/C11H18O/c1-3-7-10(12)11(2)8-5-4-6-9-11/h3H,1,4-9H2,2H3. The molecular formula is C11H18O. The van der Waals surface area contributed by atoms with E-state index in [-0.39, 0.29) is 5.41 Å². The first-order valence-electron chi connectivity index (χ1n) is 4.83. The largest absolute Gasteiger partial charge is 0.299 e. The Morgan fingerprint density at radius 2 is 2.00 bits per heavy atom. The van der Waals surface area contributed by atoms with E-state index in [9.17, 15) is 4.79 Å². The Morgan fingerprint density at radius 1 is 1.42 bits per heavy atom. The van der Waals surface area contributed by atoms with E-state index in [2.05, 4.69) is 13.5 Å². The minimum atomic E-state index is -0.0214. The van der Waals surface area contributed by atoms with Crippen LogP contribution in [-0.2, 0) is 4.79 Å². The van der Waals surface area contributed by atoms with Crippen LogP contribution in [-0.4, -0.2) is 5.78 Å². The zero-order valence-electron chi connectivity index (χ0n) is 7.94. The second-order valence-electron chi connectivity index (χ2n) is 4.04. The van der Waals surface area contributed by atoms with E-state index < -0.39 is 0 Å². The Labute approximate surface area is 74.9 Å². The lowest BCUT2D eigenvalue weighted by atomic mass is 9.72. The zero-order chi connectivity index (χ0) is 9.03. The molecule has 1 fully saturated rings. The van der Waals surface area contributed by atoms with Crippen molar-refractivity contribution in [1.29, 1.82) is 0 Å². The van der Waals surface area contributed by atoms with Crippen molar-refractivity contribution in [3.63, 3.8) is 0 Å². The van der Waals surface area contributed by atoms with Crippen LogP contribution in [0.1, 0.15) is 45.4 Å². The number of rotatable bonds is 3. The summed E-state index contributed by atoms with van der Waals surface area (Å²) in [6.45, 7) is 5.71. The molecule has 0 radical (unpaired) electrons. The Hall–Kier alpha value is -0.590. The molecule has 68 valence electrons. The summed E-state index contributed by atoms with van der Waals surface area (Å²) in [5.41, 5.74) is -0.0214. The van der Waals surface area contributed by atoms with Crippen molar-refractivity contribution in [2.45, 2.75) is 45.4 Å². The molecule has 1 heteroatoms. The number of carbonyl (C=O) groups is 1. The molecule has 0 aromatic carbocycles. The van der Waals surface area contributed by atoms with Crippen LogP contribution < -0.4 is 0 Å². The van der Waals surface area contributed by atoms with Gasteiger partial charge in [0.2, 0.25) is 0 Å². The first kappa shape index (κ1) is 9.50. The van der Waals surface area contributed by atoms with Gasteiger partial charge in [-0.2, -0.15) is 0 Å². The molecule has 1 saturated carbocycles. The molecule has 0 bridgehead atoms. The Morgan fingerprint density at radius 3 is 2.50 bits per heavy atom. The van der Waals surface area contributed by atoms with Gasteiger partial charge in [-0.05, 0) is 12.8 Å². The maximum Gasteiger partial charge on any atom is 0.142 e. The van der Waals surface area contributed by atoms with Crippen LogP contribution in [0.4, 0.5) is 0 Å². The molecule has 0 unspecified atom stereocenters. The molecule has 1 rings (SSSR count). The van der Waals surface area contributed by atoms with E-state index in [1.165, 1.54) is 19.3 Å². The molecule has 0 heterocycles. The van der Waals surface area contributed by atoms with Gasteiger partial charge in [-0.15, -0.1) is 6.58 Å². The average molecular weight is 166 g/mol. The predicted octanol–water partition coefficient (Wildman–Crippen LogP) is 3.10. The van der Waals surface area contributed by atoms with Gasteiger partial charge in [0.1, 0.15) is 5.78 Å². The monoisotopic (exact) mass is 166 g/mol. The van der Waals surface area contributed by atoms with E-state index in [1.54, 1.807) is 6.08 Å². The van der Waals surface area contributed by atoms with Gasteiger partial charge in [-0.3, -0.25) is 4.79 Å². The molecule has 0 amide bonds. The molecular weight excluding hydrogens is 148 g/mol. The highest BCUT2D eigenvalue weighted by Crippen LogP contribution is 2.37. The van der Waals surface area contributed by atoms with Crippen LogP contribution in [0.15, 0.2) is 12.7 Å². The Balaban J connectivity index is 2.55. The number of ketones is 1. The van der Waals surface area contributed by atoms with Crippen molar-refractivity contribution in [2.24, 2.45) is 5.41 Å². The van der Waals surface area contributed by atoms with Gasteiger partial charge in [0.15, 0.2) is 0 Å². The van der Waals surface area contributed by atoms with Crippen molar-refractivity contribution in [3.8, 4) is 0 Å². The number of allylic oxidation sites excluding steroid dienone is 1. The third kappa shape index (κ3) is 1.96. The average Bonchev–Trinajstić information content (AvgIpc) is 2.06. The molecule has 0 aliphatic heterocycles. The third-order valence-electron chi connectivity index (χ3n) is 2.96. The quantitative estimate of drug-likeness (QED) is 0.589. The lowest BCUT2D eigenvalue weighted by Crippen LogP contribution is -2.29. The summed E-state index contributed by atoms with van der Waals surface area (Å²) in [6.07, 6.45) is 8.19. The fourth-order valence-electron chi connectivity index (χ4n) is 1.99. The van der Waals surface area contributed by atoms with Crippen LogP contribution in [0.25, 0.3) is 0 Å². The fraction of sp³-hybridized carbons (Fsp3) is 0.727.